The van der Waals surface area contributed by atoms with E-state index >= 15 is 0 Å². The van der Waals surface area contributed by atoms with E-state index in [2.05, 4.69) is 0 Å². The molecule has 152 valence electrons. The van der Waals surface area contributed by atoms with E-state index in [9.17, 15) is 9.36 Å². The SMILES string of the molecule is CC(=O)c1ccc(OP(=O)(/C=C(\Cl)c2ccccc2)/C=C(\Cl)c2ccccc2)cc1. The highest BCUT2D eigenvalue weighted by atomic mass is 35.5. The normalized spacial score (nSPS) is 12.5. The minimum Gasteiger partial charge on any atom is -0.438 e. The highest BCUT2D eigenvalue weighted by molar-refractivity contribution is 7.66. The van der Waals surface area contributed by atoms with Crippen LogP contribution in [-0.2, 0) is 4.57 Å². The summed E-state index contributed by atoms with van der Waals surface area (Å²) in [6.07, 6.45) is 0. The number of rotatable bonds is 7. The monoisotopic (exact) mass is 456 g/mol. The second-order valence-electron chi connectivity index (χ2n) is 6.50. The first-order valence-electron chi connectivity index (χ1n) is 9.14. The zero-order valence-electron chi connectivity index (χ0n) is 16.2. The Morgan fingerprint density at radius 3 is 1.57 bits per heavy atom. The maximum atomic E-state index is 13.8. The average Bonchev–Trinajstić information content (AvgIpc) is 2.75. The van der Waals surface area contributed by atoms with Crippen LogP contribution in [0.4, 0.5) is 0 Å². The summed E-state index contributed by atoms with van der Waals surface area (Å²) in [6, 6.07) is 24.8. The molecule has 0 unspecified atom stereocenters. The number of Topliss-reactive ketones (excluding diaryl/α,β-unsaturated/α-hetero) is 1. The van der Waals surface area contributed by atoms with Crippen molar-refractivity contribution in [3.8, 4) is 5.75 Å². The lowest BCUT2D eigenvalue weighted by Crippen LogP contribution is -1.93. The van der Waals surface area contributed by atoms with Gasteiger partial charge in [-0.05, 0) is 42.3 Å². The third-order valence-corrected chi connectivity index (χ3v) is 6.89. The van der Waals surface area contributed by atoms with Crippen LogP contribution < -0.4 is 4.52 Å². The Bertz CT molecular complexity index is 1060. The summed E-state index contributed by atoms with van der Waals surface area (Å²) < 4.78 is 19.6. The lowest BCUT2D eigenvalue weighted by Gasteiger charge is -2.15. The average molecular weight is 457 g/mol. The molecule has 0 amide bonds. The van der Waals surface area contributed by atoms with E-state index in [1.165, 1.54) is 18.6 Å². The van der Waals surface area contributed by atoms with E-state index in [0.29, 0.717) is 22.4 Å². The summed E-state index contributed by atoms with van der Waals surface area (Å²) in [4.78, 5) is 11.5. The largest absolute Gasteiger partial charge is 0.438 e. The molecule has 0 spiro atoms. The van der Waals surface area contributed by atoms with Gasteiger partial charge >= 0.3 is 0 Å². The van der Waals surface area contributed by atoms with Gasteiger partial charge in [-0.3, -0.25) is 9.36 Å². The molecule has 0 radical (unpaired) electrons. The summed E-state index contributed by atoms with van der Waals surface area (Å²) in [5.74, 6) is 3.04. The molecular weight excluding hydrogens is 438 g/mol. The van der Waals surface area contributed by atoms with Gasteiger partial charge in [-0.2, -0.15) is 0 Å². The fraction of sp³-hybridized carbons (Fsp3) is 0.0417. The molecule has 6 heteroatoms. The zero-order chi connectivity index (χ0) is 21.6. The first-order valence-corrected chi connectivity index (χ1v) is 11.7. The topological polar surface area (TPSA) is 43.4 Å². The van der Waals surface area contributed by atoms with Crippen molar-refractivity contribution in [2.24, 2.45) is 0 Å². The Labute approximate surface area is 186 Å². The summed E-state index contributed by atoms with van der Waals surface area (Å²) in [6.45, 7) is 1.48. The van der Waals surface area contributed by atoms with Crippen molar-refractivity contribution in [3.05, 3.63) is 113 Å². The molecule has 3 nitrogen and oxygen atoms in total. The van der Waals surface area contributed by atoms with Crippen molar-refractivity contribution in [1.29, 1.82) is 0 Å². The van der Waals surface area contributed by atoms with Crippen LogP contribution in [0.2, 0.25) is 0 Å². The van der Waals surface area contributed by atoms with Gasteiger partial charge in [0.2, 0.25) is 0 Å². The Kier molecular flexibility index (Phi) is 7.33. The van der Waals surface area contributed by atoms with Crippen molar-refractivity contribution in [1.82, 2.24) is 0 Å². The fourth-order valence-corrected chi connectivity index (χ4v) is 5.29. The molecule has 3 aromatic rings. The van der Waals surface area contributed by atoms with E-state index in [1.807, 2.05) is 60.7 Å². The molecule has 0 atom stereocenters. The van der Waals surface area contributed by atoms with Crippen LogP contribution in [0.15, 0.2) is 96.6 Å². The number of hydrogen-bond acceptors (Lipinski definition) is 3. The Balaban J connectivity index is 2.01. The van der Waals surface area contributed by atoms with E-state index in [0.717, 1.165) is 0 Å². The van der Waals surface area contributed by atoms with Crippen molar-refractivity contribution < 1.29 is 13.9 Å². The Morgan fingerprint density at radius 1 is 0.733 bits per heavy atom. The molecule has 0 saturated heterocycles. The summed E-state index contributed by atoms with van der Waals surface area (Å²) in [7, 11) is -3.60. The van der Waals surface area contributed by atoms with E-state index in [-0.39, 0.29) is 15.8 Å². The van der Waals surface area contributed by atoms with Crippen LogP contribution in [0.1, 0.15) is 28.4 Å². The van der Waals surface area contributed by atoms with Crippen molar-refractivity contribution in [2.75, 3.05) is 0 Å². The standard InChI is InChI=1S/C24H19Cl2O3P/c1-18(27)19-12-14-22(15-13-19)29-30(28,16-23(25)20-8-4-2-5-9-20)17-24(26)21-10-6-3-7-11-21/h2-17H,1H3/b23-16-,24-17-. The van der Waals surface area contributed by atoms with Gasteiger partial charge in [0, 0.05) is 17.2 Å². The lowest BCUT2D eigenvalue weighted by atomic mass is 10.1. The summed E-state index contributed by atoms with van der Waals surface area (Å²) >= 11 is 12.9. The quantitative estimate of drug-likeness (QED) is 0.267. The van der Waals surface area contributed by atoms with Crippen LogP contribution in [0.25, 0.3) is 10.1 Å². The molecule has 0 aliphatic rings. The van der Waals surface area contributed by atoms with Crippen LogP contribution >= 0.6 is 30.6 Å². The number of hydrogen-bond donors (Lipinski definition) is 0. The van der Waals surface area contributed by atoms with Gasteiger partial charge in [0.1, 0.15) is 5.75 Å². The van der Waals surface area contributed by atoms with E-state index in [1.54, 1.807) is 24.3 Å². The molecule has 0 heterocycles. The second-order valence-corrected chi connectivity index (χ2v) is 9.31. The minimum atomic E-state index is -3.60. The number of carbonyl (C=O) groups excluding carboxylic acids is 1. The predicted octanol–water partition coefficient (Wildman–Crippen LogP) is 8.02. The molecule has 3 aromatic carbocycles. The first-order chi connectivity index (χ1) is 14.4. The maximum absolute atomic E-state index is 13.8. The Morgan fingerprint density at radius 2 is 1.17 bits per heavy atom. The predicted molar refractivity (Wildman–Crippen MR) is 125 cm³/mol. The van der Waals surface area contributed by atoms with Gasteiger partial charge in [-0.25, -0.2) is 0 Å². The molecule has 3 rings (SSSR count). The molecule has 0 bridgehead atoms. The van der Waals surface area contributed by atoms with Crippen molar-refractivity contribution >= 4 is 46.4 Å². The molecule has 0 aromatic heterocycles. The number of carbonyl (C=O) groups is 1. The van der Waals surface area contributed by atoms with Gasteiger partial charge in [0.25, 0.3) is 7.37 Å². The van der Waals surface area contributed by atoms with Crippen LogP contribution in [-0.4, -0.2) is 5.78 Å². The van der Waals surface area contributed by atoms with Crippen LogP contribution in [0.5, 0.6) is 5.75 Å². The second kappa shape index (κ2) is 9.95. The van der Waals surface area contributed by atoms with E-state index < -0.39 is 7.37 Å². The Hall–Kier alpha value is -2.58. The summed E-state index contributed by atoms with van der Waals surface area (Å²) in [5.41, 5.74) is 1.95. The maximum Gasteiger partial charge on any atom is 0.295 e. The fourth-order valence-electron chi connectivity index (χ4n) is 2.67. The molecule has 0 N–H and O–H groups in total. The molecule has 30 heavy (non-hydrogen) atoms. The smallest absolute Gasteiger partial charge is 0.295 e. The zero-order valence-corrected chi connectivity index (χ0v) is 18.6. The number of halogens is 2. The molecule has 0 fully saturated rings. The first kappa shape index (κ1) is 22.1. The molecule has 0 aliphatic carbocycles. The molecule has 0 aliphatic heterocycles. The number of ketones is 1. The lowest BCUT2D eigenvalue weighted by molar-refractivity contribution is 0.101. The van der Waals surface area contributed by atoms with Gasteiger partial charge in [-0.15, -0.1) is 0 Å². The highest BCUT2D eigenvalue weighted by Crippen LogP contribution is 2.54. The highest BCUT2D eigenvalue weighted by Gasteiger charge is 2.22. The molecule has 0 saturated carbocycles. The number of benzene rings is 3. The van der Waals surface area contributed by atoms with Gasteiger partial charge in [0.05, 0.1) is 10.1 Å². The van der Waals surface area contributed by atoms with Crippen molar-refractivity contribution in [2.45, 2.75) is 6.92 Å². The van der Waals surface area contributed by atoms with E-state index in [4.69, 9.17) is 27.7 Å². The van der Waals surface area contributed by atoms with Crippen LogP contribution in [0, 0.1) is 0 Å². The van der Waals surface area contributed by atoms with Gasteiger partial charge < -0.3 is 4.52 Å². The third-order valence-electron chi connectivity index (χ3n) is 4.19. The van der Waals surface area contributed by atoms with Gasteiger partial charge in [0.15, 0.2) is 5.78 Å². The summed E-state index contributed by atoms with van der Waals surface area (Å²) in [5, 5.41) is 0.570. The van der Waals surface area contributed by atoms with Crippen molar-refractivity contribution in [3.63, 3.8) is 0 Å². The molecular formula is C24H19Cl2O3P. The van der Waals surface area contributed by atoms with Gasteiger partial charge in [-0.1, -0.05) is 83.9 Å². The third kappa shape index (κ3) is 5.96. The minimum absolute atomic E-state index is 0.0660. The van der Waals surface area contributed by atoms with Crippen LogP contribution in [0.3, 0.4) is 0 Å².